The first-order chi connectivity index (χ1) is 9.77. The molecule has 1 N–H and O–H groups in total. The summed E-state index contributed by atoms with van der Waals surface area (Å²) in [6.45, 7) is 4.99. The second-order valence-corrected chi connectivity index (χ2v) is 7.26. The van der Waals surface area contributed by atoms with Crippen molar-refractivity contribution in [2.24, 2.45) is 0 Å². The molecule has 2 rings (SSSR count). The van der Waals surface area contributed by atoms with Crippen LogP contribution in [0.25, 0.3) is 0 Å². The molecule has 2 atom stereocenters. The molecule has 0 aromatic heterocycles. The Morgan fingerprint density at radius 2 is 1.95 bits per heavy atom. The van der Waals surface area contributed by atoms with E-state index in [0.29, 0.717) is 11.1 Å². The topological polar surface area (TPSA) is 66.8 Å². The number of hydrogen-bond acceptors (Lipinski definition) is 4. The van der Waals surface area contributed by atoms with Crippen molar-refractivity contribution in [1.29, 1.82) is 0 Å². The van der Waals surface area contributed by atoms with Crippen molar-refractivity contribution in [2.45, 2.75) is 37.8 Å². The molecule has 0 bridgehead atoms. The van der Waals surface area contributed by atoms with Crippen LogP contribution in [0.4, 0.5) is 4.39 Å². The number of halogens is 1. The highest BCUT2D eigenvalue weighted by Crippen LogP contribution is 2.28. The van der Waals surface area contributed by atoms with Crippen LogP contribution in [0.2, 0.25) is 0 Å². The maximum Gasteiger partial charge on any atom is 0.244 e. The largest absolute Gasteiger partial charge is 0.394 e. The quantitative estimate of drug-likeness (QED) is 0.910. The Kier molecular flexibility index (Phi) is 4.67. The van der Waals surface area contributed by atoms with Gasteiger partial charge in [-0.15, -0.1) is 0 Å². The van der Waals surface area contributed by atoms with Crippen molar-refractivity contribution in [3.63, 3.8) is 0 Å². The van der Waals surface area contributed by atoms with Crippen LogP contribution in [0.1, 0.15) is 18.1 Å². The van der Waals surface area contributed by atoms with E-state index >= 15 is 0 Å². The van der Waals surface area contributed by atoms with Crippen molar-refractivity contribution < 1.29 is 22.7 Å². The summed E-state index contributed by atoms with van der Waals surface area (Å²) < 4.78 is 45.8. The van der Waals surface area contributed by atoms with E-state index in [1.165, 1.54) is 16.4 Å². The number of aliphatic hydroxyl groups excluding tert-OH is 1. The first kappa shape index (κ1) is 16.4. The number of aryl methyl sites for hydroxylation is 2. The van der Waals surface area contributed by atoms with Crippen LogP contribution < -0.4 is 0 Å². The Morgan fingerprint density at radius 3 is 2.48 bits per heavy atom. The van der Waals surface area contributed by atoms with E-state index in [1.54, 1.807) is 20.8 Å². The Hall–Kier alpha value is -1.02. The van der Waals surface area contributed by atoms with Gasteiger partial charge in [-0.2, -0.15) is 4.31 Å². The van der Waals surface area contributed by atoms with Crippen LogP contribution in [0, 0.1) is 19.7 Å². The molecule has 0 aliphatic carbocycles. The standard InChI is InChI=1S/C14H20FNO4S/c1-9-4-12(15)5-10(2)14(9)21(18,19)16-6-13(7-17)20-8-11(16)3/h4-5,11,13,17H,6-8H2,1-3H3. The average Bonchev–Trinajstić information content (AvgIpc) is 2.37. The monoisotopic (exact) mass is 317 g/mol. The summed E-state index contributed by atoms with van der Waals surface area (Å²) in [7, 11) is -3.76. The fourth-order valence-electron chi connectivity index (χ4n) is 2.66. The Morgan fingerprint density at radius 1 is 1.38 bits per heavy atom. The lowest BCUT2D eigenvalue weighted by atomic mass is 10.1. The van der Waals surface area contributed by atoms with E-state index in [0.717, 1.165) is 0 Å². The third-order valence-electron chi connectivity index (χ3n) is 3.64. The smallest absolute Gasteiger partial charge is 0.244 e. The van der Waals surface area contributed by atoms with Gasteiger partial charge in [0.25, 0.3) is 0 Å². The Labute approximate surface area is 124 Å². The molecule has 1 aromatic carbocycles. The van der Waals surface area contributed by atoms with E-state index in [-0.39, 0.29) is 30.7 Å². The van der Waals surface area contributed by atoms with Crippen LogP contribution in [0.15, 0.2) is 17.0 Å². The third kappa shape index (κ3) is 3.11. The van der Waals surface area contributed by atoms with Crippen LogP contribution in [-0.4, -0.2) is 49.7 Å². The van der Waals surface area contributed by atoms with Crippen molar-refractivity contribution in [3.8, 4) is 0 Å². The minimum atomic E-state index is -3.76. The lowest BCUT2D eigenvalue weighted by molar-refractivity contribution is -0.0516. The highest BCUT2D eigenvalue weighted by molar-refractivity contribution is 7.89. The Bertz CT molecular complexity index is 609. The molecule has 118 valence electrons. The third-order valence-corrected chi connectivity index (χ3v) is 5.93. The molecule has 0 saturated carbocycles. The van der Waals surface area contributed by atoms with Crippen LogP contribution in [0.5, 0.6) is 0 Å². The summed E-state index contributed by atoms with van der Waals surface area (Å²) >= 11 is 0. The molecule has 0 spiro atoms. The zero-order chi connectivity index (χ0) is 15.8. The summed E-state index contributed by atoms with van der Waals surface area (Å²) in [4.78, 5) is 0.134. The molecule has 0 amide bonds. The lowest BCUT2D eigenvalue weighted by Gasteiger charge is -2.36. The maximum atomic E-state index is 13.4. The predicted octanol–water partition coefficient (Wildman–Crippen LogP) is 1.21. The van der Waals surface area contributed by atoms with Gasteiger partial charge in [0.2, 0.25) is 10.0 Å². The zero-order valence-corrected chi connectivity index (χ0v) is 13.2. The molecule has 1 aliphatic rings. The van der Waals surface area contributed by atoms with Gasteiger partial charge < -0.3 is 9.84 Å². The van der Waals surface area contributed by atoms with Crippen molar-refractivity contribution in [2.75, 3.05) is 19.8 Å². The summed E-state index contributed by atoms with van der Waals surface area (Å²) in [5.74, 6) is -0.452. The lowest BCUT2D eigenvalue weighted by Crippen LogP contribution is -2.52. The SMILES string of the molecule is Cc1cc(F)cc(C)c1S(=O)(=O)N1CC(CO)OCC1C. The molecule has 1 heterocycles. The number of aliphatic hydroxyl groups is 1. The number of nitrogens with zero attached hydrogens (tertiary/aromatic N) is 1. The van der Waals surface area contributed by atoms with E-state index in [9.17, 15) is 17.9 Å². The molecule has 7 heteroatoms. The number of rotatable bonds is 3. The predicted molar refractivity (Wildman–Crippen MR) is 76.1 cm³/mol. The van der Waals surface area contributed by atoms with E-state index in [1.807, 2.05) is 0 Å². The van der Waals surface area contributed by atoms with Gasteiger partial charge in [-0.05, 0) is 44.0 Å². The number of sulfonamides is 1. The first-order valence-corrected chi connectivity index (χ1v) is 8.22. The van der Waals surface area contributed by atoms with Crippen molar-refractivity contribution in [1.82, 2.24) is 4.31 Å². The molecule has 2 unspecified atom stereocenters. The van der Waals surface area contributed by atoms with Crippen molar-refractivity contribution >= 4 is 10.0 Å². The molecular formula is C14H20FNO4S. The minimum absolute atomic E-state index is 0.0935. The van der Waals surface area contributed by atoms with Gasteiger partial charge in [0.15, 0.2) is 0 Å². The van der Waals surface area contributed by atoms with Crippen LogP contribution in [0.3, 0.4) is 0 Å². The second-order valence-electron chi connectivity index (χ2n) is 5.43. The van der Waals surface area contributed by atoms with Crippen LogP contribution >= 0.6 is 0 Å². The van der Waals surface area contributed by atoms with Gasteiger partial charge in [-0.3, -0.25) is 0 Å². The summed E-state index contributed by atoms with van der Waals surface area (Å²) in [5.41, 5.74) is 0.762. The Balaban J connectivity index is 2.46. The summed E-state index contributed by atoms with van der Waals surface area (Å²) in [6.07, 6.45) is -0.531. The zero-order valence-electron chi connectivity index (χ0n) is 12.3. The molecule has 5 nitrogen and oxygen atoms in total. The van der Waals surface area contributed by atoms with Gasteiger partial charge in [-0.1, -0.05) is 0 Å². The molecule has 1 aliphatic heterocycles. The van der Waals surface area contributed by atoms with Gasteiger partial charge in [0.05, 0.1) is 24.2 Å². The highest BCUT2D eigenvalue weighted by Gasteiger charge is 2.36. The molecule has 1 aromatic rings. The van der Waals surface area contributed by atoms with Gasteiger partial charge >= 0.3 is 0 Å². The van der Waals surface area contributed by atoms with Gasteiger partial charge in [0, 0.05) is 12.6 Å². The maximum absolute atomic E-state index is 13.4. The molecule has 21 heavy (non-hydrogen) atoms. The first-order valence-electron chi connectivity index (χ1n) is 6.78. The number of morpholine rings is 1. The summed E-state index contributed by atoms with van der Waals surface area (Å²) in [5, 5.41) is 9.18. The van der Waals surface area contributed by atoms with E-state index in [2.05, 4.69) is 0 Å². The summed E-state index contributed by atoms with van der Waals surface area (Å²) in [6, 6.07) is 2.10. The van der Waals surface area contributed by atoms with Gasteiger partial charge in [0.1, 0.15) is 5.82 Å². The highest BCUT2D eigenvalue weighted by atomic mass is 32.2. The normalized spacial score (nSPS) is 24.2. The van der Waals surface area contributed by atoms with Gasteiger partial charge in [-0.25, -0.2) is 12.8 Å². The average molecular weight is 317 g/mol. The molecule has 1 saturated heterocycles. The number of hydrogen-bond donors (Lipinski definition) is 1. The fraction of sp³-hybridized carbons (Fsp3) is 0.571. The van der Waals surface area contributed by atoms with Crippen molar-refractivity contribution in [3.05, 3.63) is 29.1 Å². The number of ether oxygens (including phenoxy) is 1. The van der Waals surface area contributed by atoms with E-state index < -0.39 is 21.9 Å². The molecule has 0 radical (unpaired) electrons. The number of benzene rings is 1. The molecular weight excluding hydrogens is 297 g/mol. The minimum Gasteiger partial charge on any atom is -0.394 e. The fourth-order valence-corrected chi connectivity index (χ4v) is 4.72. The second kappa shape index (κ2) is 6.00. The van der Waals surface area contributed by atoms with E-state index in [4.69, 9.17) is 4.74 Å². The molecule has 1 fully saturated rings. The van der Waals surface area contributed by atoms with Crippen LogP contribution in [-0.2, 0) is 14.8 Å².